The molecule has 0 spiro atoms. The standard InChI is InChI=1S/C67H33F6N7/c68-66(69,70)56-18-9-19-57(67(71,72)73)64(56)65-62(79-58-30-40(48-14-5-1-10-44(48)35-75)20-24-52(58)53-25-21-41(31-59(53)79)49-15-6-2-11-45(49)36-76)28-39(34-74)29-63(65)80-60-32-42(50-16-7-3-12-46(50)37-77)22-26-54(60)55-27-23-43(33-61(55)80)51-17-8-4-13-47(51)38-78/h1-33H. The zero-order valence-electron chi connectivity index (χ0n) is 41.5. The fourth-order valence-electron chi connectivity index (χ4n) is 11.1. The van der Waals surface area contributed by atoms with Gasteiger partial charge in [-0.15, -0.1) is 0 Å². The van der Waals surface area contributed by atoms with Crippen LogP contribution in [0.4, 0.5) is 26.3 Å². The summed E-state index contributed by atoms with van der Waals surface area (Å²) in [7, 11) is 0. The van der Waals surface area contributed by atoms with Gasteiger partial charge in [0.15, 0.2) is 0 Å². The van der Waals surface area contributed by atoms with Crippen molar-refractivity contribution in [3.63, 3.8) is 0 Å². The maximum atomic E-state index is 16.1. The molecular weight excluding hydrogens is 1020 g/mol. The summed E-state index contributed by atoms with van der Waals surface area (Å²) in [5, 5.41) is 54.5. The summed E-state index contributed by atoms with van der Waals surface area (Å²) in [6.45, 7) is 0. The van der Waals surface area contributed by atoms with Crippen molar-refractivity contribution in [1.82, 2.24) is 9.13 Å². The third-order valence-corrected chi connectivity index (χ3v) is 14.6. The molecule has 12 rings (SSSR count). The first-order valence-electron chi connectivity index (χ1n) is 24.8. The monoisotopic (exact) mass is 1050 g/mol. The Morgan fingerprint density at radius 3 is 0.850 bits per heavy atom. The lowest BCUT2D eigenvalue weighted by molar-refractivity contribution is -0.142. The highest BCUT2D eigenvalue weighted by molar-refractivity contribution is 6.14. The number of fused-ring (bicyclic) bond motifs is 6. The predicted octanol–water partition coefficient (Wildman–Crippen LogP) is 17.6. The molecule has 10 aromatic carbocycles. The number of aromatic nitrogens is 2. The fourth-order valence-corrected chi connectivity index (χ4v) is 11.1. The van der Waals surface area contributed by atoms with E-state index in [1.54, 1.807) is 179 Å². The summed E-state index contributed by atoms with van der Waals surface area (Å²) in [4.78, 5) is 0. The van der Waals surface area contributed by atoms with Gasteiger partial charge in [-0.25, -0.2) is 0 Å². The van der Waals surface area contributed by atoms with Gasteiger partial charge >= 0.3 is 12.4 Å². The van der Waals surface area contributed by atoms with Gasteiger partial charge in [-0.2, -0.15) is 52.7 Å². The first-order valence-corrected chi connectivity index (χ1v) is 24.8. The number of hydrogen-bond acceptors (Lipinski definition) is 5. The van der Waals surface area contributed by atoms with Crippen LogP contribution in [0, 0.1) is 56.7 Å². The number of hydrogen-bond donors (Lipinski definition) is 0. The first-order chi connectivity index (χ1) is 38.7. The second-order valence-electron chi connectivity index (χ2n) is 19.0. The Labute approximate surface area is 452 Å². The van der Waals surface area contributed by atoms with Crippen LogP contribution in [0.5, 0.6) is 0 Å². The van der Waals surface area contributed by atoms with E-state index < -0.39 is 34.6 Å². The van der Waals surface area contributed by atoms with Gasteiger partial charge in [0.2, 0.25) is 0 Å². The van der Waals surface area contributed by atoms with E-state index in [9.17, 15) is 26.3 Å². The Kier molecular flexibility index (Phi) is 11.9. The Morgan fingerprint density at radius 2 is 0.588 bits per heavy atom. The Bertz CT molecular complexity index is 4310. The van der Waals surface area contributed by atoms with Crippen molar-refractivity contribution in [3.05, 3.63) is 239 Å². The Hall–Kier alpha value is -11.2. The van der Waals surface area contributed by atoms with Crippen LogP contribution in [0.15, 0.2) is 200 Å². The molecular formula is C67H33F6N7. The predicted molar refractivity (Wildman–Crippen MR) is 296 cm³/mol. The summed E-state index contributed by atoms with van der Waals surface area (Å²) < 4.78 is 99.8. The average Bonchev–Trinajstić information content (AvgIpc) is 4.17. The average molecular weight is 1050 g/mol. The van der Waals surface area contributed by atoms with Gasteiger partial charge in [0.1, 0.15) is 0 Å². The minimum absolute atomic E-state index is 0.143. The van der Waals surface area contributed by atoms with E-state index in [0.29, 0.717) is 129 Å². The van der Waals surface area contributed by atoms with Crippen LogP contribution in [0.25, 0.3) is 111 Å². The minimum atomic E-state index is -5.40. The molecule has 2 aromatic heterocycles. The molecule has 0 aliphatic rings. The highest BCUT2D eigenvalue weighted by atomic mass is 19.4. The normalized spacial score (nSPS) is 11.6. The zero-order chi connectivity index (χ0) is 55.6. The van der Waals surface area contributed by atoms with E-state index in [1.165, 1.54) is 12.1 Å². The smallest absolute Gasteiger partial charge is 0.308 e. The first kappa shape index (κ1) is 49.7. The summed E-state index contributed by atoms with van der Waals surface area (Å²) in [5.41, 5.74) is 0.727. The van der Waals surface area contributed by atoms with E-state index in [2.05, 4.69) is 30.3 Å². The van der Waals surface area contributed by atoms with Crippen molar-refractivity contribution in [2.45, 2.75) is 12.4 Å². The summed E-state index contributed by atoms with van der Waals surface area (Å²) >= 11 is 0. The van der Waals surface area contributed by atoms with Crippen molar-refractivity contribution in [2.24, 2.45) is 0 Å². The van der Waals surface area contributed by atoms with Crippen molar-refractivity contribution >= 4 is 43.6 Å². The summed E-state index contributed by atoms with van der Waals surface area (Å²) in [6.07, 6.45) is -10.8. The van der Waals surface area contributed by atoms with Crippen molar-refractivity contribution in [1.29, 1.82) is 26.3 Å². The highest BCUT2D eigenvalue weighted by Crippen LogP contribution is 2.51. The molecule has 0 saturated heterocycles. The van der Waals surface area contributed by atoms with E-state index in [1.807, 2.05) is 0 Å². The summed E-state index contributed by atoms with van der Waals surface area (Å²) in [6, 6.07) is 63.8. The molecule has 7 nitrogen and oxygen atoms in total. The topological polar surface area (TPSA) is 129 Å². The summed E-state index contributed by atoms with van der Waals surface area (Å²) in [5.74, 6) is 0. The molecule has 2 heterocycles. The maximum Gasteiger partial charge on any atom is 0.417 e. The number of alkyl halides is 6. The molecule has 80 heavy (non-hydrogen) atoms. The maximum absolute atomic E-state index is 16.1. The van der Waals surface area contributed by atoms with Gasteiger partial charge < -0.3 is 9.13 Å². The Morgan fingerprint density at radius 1 is 0.300 bits per heavy atom. The van der Waals surface area contributed by atoms with Gasteiger partial charge in [0.25, 0.3) is 0 Å². The quantitative estimate of drug-likeness (QED) is 0.147. The molecule has 0 bridgehead atoms. The molecule has 0 aliphatic heterocycles. The molecule has 0 unspecified atom stereocenters. The molecule has 0 saturated carbocycles. The van der Waals surface area contributed by atoms with Crippen LogP contribution < -0.4 is 0 Å². The van der Waals surface area contributed by atoms with E-state index in [0.717, 1.165) is 0 Å². The molecule has 0 fully saturated rings. The number of halogens is 6. The highest BCUT2D eigenvalue weighted by Gasteiger charge is 2.43. The largest absolute Gasteiger partial charge is 0.417 e. The molecule has 0 N–H and O–H groups in total. The number of nitrogens with zero attached hydrogens (tertiary/aromatic N) is 7. The fraction of sp³-hybridized carbons (Fsp3) is 0.0299. The van der Waals surface area contributed by atoms with Crippen LogP contribution in [0.3, 0.4) is 0 Å². The second kappa shape index (κ2) is 19.1. The van der Waals surface area contributed by atoms with Crippen LogP contribution in [-0.4, -0.2) is 9.13 Å². The van der Waals surface area contributed by atoms with Crippen LogP contribution in [0.2, 0.25) is 0 Å². The number of benzene rings is 10. The number of rotatable bonds is 7. The lowest BCUT2D eigenvalue weighted by Crippen LogP contribution is -2.16. The van der Waals surface area contributed by atoms with Gasteiger partial charge in [-0.1, -0.05) is 127 Å². The third kappa shape index (κ3) is 8.12. The van der Waals surface area contributed by atoms with Crippen molar-refractivity contribution in [2.75, 3.05) is 0 Å². The minimum Gasteiger partial charge on any atom is -0.308 e. The van der Waals surface area contributed by atoms with Gasteiger partial charge in [0.05, 0.1) is 103 Å². The van der Waals surface area contributed by atoms with Crippen molar-refractivity contribution < 1.29 is 26.3 Å². The van der Waals surface area contributed by atoms with E-state index >= 15 is 26.3 Å². The Balaban J connectivity index is 1.33. The number of nitriles is 5. The van der Waals surface area contributed by atoms with Crippen molar-refractivity contribution in [3.8, 4) is 97.4 Å². The molecule has 13 heteroatoms. The zero-order valence-corrected chi connectivity index (χ0v) is 41.5. The van der Waals surface area contributed by atoms with E-state index in [4.69, 9.17) is 0 Å². The van der Waals surface area contributed by atoms with Crippen LogP contribution >= 0.6 is 0 Å². The molecule has 0 radical (unpaired) electrons. The van der Waals surface area contributed by atoms with Gasteiger partial charge in [-0.05, 0) is 117 Å². The second-order valence-corrected chi connectivity index (χ2v) is 19.0. The van der Waals surface area contributed by atoms with Gasteiger partial charge in [0, 0.05) is 32.7 Å². The molecule has 12 aromatic rings. The molecule has 0 aliphatic carbocycles. The molecule has 378 valence electrons. The molecule has 0 amide bonds. The molecule has 0 atom stereocenters. The lowest BCUT2D eigenvalue weighted by Gasteiger charge is -2.26. The SMILES string of the molecule is N#Cc1cc(-n2c3cc(-c4ccccc4C#N)ccc3c3ccc(-c4ccccc4C#N)cc32)c(-c2c(C(F)(F)F)cccc2C(F)(F)F)c(-n2c3cc(-c4ccccc4C#N)ccc3c3ccc(-c4ccccc4C#N)cc32)c1. The van der Waals surface area contributed by atoms with Crippen LogP contribution in [-0.2, 0) is 12.4 Å². The van der Waals surface area contributed by atoms with Crippen LogP contribution in [0.1, 0.15) is 38.9 Å². The van der Waals surface area contributed by atoms with Gasteiger partial charge in [-0.3, -0.25) is 0 Å². The third-order valence-electron chi connectivity index (χ3n) is 14.6. The lowest BCUT2D eigenvalue weighted by atomic mass is 9.89. The van der Waals surface area contributed by atoms with E-state index in [-0.39, 0.29) is 16.9 Å².